The van der Waals surface area contributed by atoms with E-state index in [-0.39, 0.29) is 5.41 Å². The molecule has 1 atom stereocenters. The zero-order valence-electron chi connectivity index (χ0n) is 27.1. The van der Waals surface area contributed by atoms with Gasteiger partial charge >= 0.3 is 5.66 Å². The molecule has 0 amide bonds. The molecule has 12 rings (SSSR count). The molecule has 0 saturated carbocycles. The lowest BCUT2D eigenvalue weighted by Crippen LogP contribution is -2.79. The first-order chi connectivity index (χ1) is 24.1. The van der Waals surface area contributed by atoms with Gasteiger partial charge in [-0.25, -0.2) is 0 Å². The Kier molecular flexibility index (Phi) is 4.45. The van der Waals surface area contributed by atoms with Gasteiger partial charge < -0.3 is 4.74 Å². The van der Waals surface area contributed by atoms with Gasteiger partial charge in [-0.15, -0.1) is 0 Å². The fourth-order valence-electron chi connectivity index (χ4n) is 9.70. The minimum Gasteiger partial charge on any atom is -0.456 e. The van der Waals surface area contributed by atoms with Crippen LogP contribution in [0.5, 0.6) is 11.5 Å². The molecule has 49 heavy (non-hydrogen) atoms. The van der Waals surface area contributed by atoms with Crippen LogP contribution in [-0.4, -0.2) is 0 Å². The molecule has 0 bridgehead atoms. The molecule has 0 aliphatic carbocycles. The second-order valence-corrected chi connectivity index (χ2v) is 14.2. The summed E-state index contributed by atoms with van der Waals surface area (Å²) in [6.07, 6.45) is 4.54. The van der Waals surface area contributed by atoms with Crippen LogP contribution in [0.3, 0.4) is 0 Å². The van der Waals surface area contributed by atoms with E-state index in [1.165, 1.54) is 50.3 Å². The zero-order chi connectivity index (χ0) is 32.2. The number of hydrogen-bond acceptors (Lipinski definition) is 3. The number of anilines is 6. The van der Waals surface area contributed by atoms with E-state index in [4.69, 9.17) is 4.74 Å². The van der Waals surface area contributed by atoms with Crippen molar-refractivity contribution in [3.63, 3.8) is 0 Å². The first-order valence-electron chi connectivity index (χ1n) is 17.0. The minimum absolute atomic E-state index is 0.230. The van der Waals surface area contributed by atoms with Gasteiger partial charge in [-0.1, -0.05) is 92.7 Å². The van der Waals surface area contributed by atoms with Crippen LogP contribution in [0.4, 0.5) is 34.4 Å². The second-order valence-electron chi connectivity index (χ2n) is 14.2. The number of hydrogen-bond donors (Lipinski definition) is 0. The fourth-order valence-corrected chi connectivity index (χ4v) is 9.70. The zero-order valence-corrected chi connectivity index (χ0v) is 27.1. The summed E-state index contributed by atoms with van der Waals surface area (Å²) >= 11 is 0. The smallest absolute Gasteiger partial charge is 0.321 e. The number of ether oxygens (including phenoxy) is 1. The molecular weight excluding hydrogens is 601 g/mol. The SMILES string of the molecule is CC1(C)c2ccccc2N2c3c1ccc1c3C3(c4c(ccc5c4N(c4ccccc4-c4ccccc4-5)c4cccc[n+]43)O1)[n+]1ccccc12. The van der Waals surface area contributed by atoms with E-state index in [2.05, 4.69) is 179 Å². The standard InChI is InChI=1S/C44H30N4O/c1-43(2)31-16-6-8-18-34(31)48-38-20-10-12-26-46(38)44-39-35(49-36-24-22-32(43)42(48)40(36)44)23-21-30-28-14-4-3-13-27(28)29-15-5-7-17-33(29)47(41(30)39)37-19-9-11-25-45(37)44/h3-26H,1-2H3/q+2. The molecule has 1 unspecified atom stereocenters. The van der Waals surface area contributed by atoms with Gasteiger partial charge in [0.1, 0.15) is 34.0 Å². The molecule has 5 aromatic carbocycles. The van der Waals surface area contributed by atoms with Gasteiger partial charge in [0.25, 0.3) is 11.6 Å². The second kappa shape index (κ2) is 8.44. The Morgan fingerprint density at radius 2 is 1.02 bits per heavy atom. The Morgan fingerprint density at radius 1 is 0.469 bits per heavy atom. The van der Waals surface area contributed by atoms with Gasteiger partial charge in [0, 0.05) is 39.8 Å². The van der Waals surface area contributed by atoms with Crippen molar-refractivity contribution in [1.29, 1.82) is 0 Å². The van der Waals surface area contributed by atoms with Crippen molar-refractivity contribution in [2.24, 2.45) is 0 Å². The van der Waals surface area contributed by atoms with Gasteiger partial charge in [-0.2, -0.15) is 18.9 Å². The minimum atomic E-state index is -0.781. The van der Waals surface area contributed by atoms with Gasteiger partial charge in [-0.3, -0.25) is 0 Å². The van der Waals surface area contributed by atoms with Crippen LogP contribution in [-0.2, 0) is 11.1 Å². The lowest BCUT2D eigenvalue weighted by molar-refractivity contribution is -0.962. The highest BCUT2D eigenvalue weighted by Gasteiger charge is 2.68. The van der Waals surface area contributed by atoms with Crippen LogP contribution in [0.25, 0.3) is 22.3 Å². The number of nitrogens with zero attached hydrogens (tertiary/aromatic N) is 4. The van der Waals surface area contributed by atoms with Crippen molar-refractivity contribution in [1.82, 2.24) is 0 Å². The molecule has 5 nitrogen and oxygen atoms in total. The Labute approximate surface area is 284 Å². The van der Waals surface area contributed by atoms with E-state index >= 15 is 0 Å². The number of benzene rings is 5. The number of pyridine rings is 2. The third kappa shape index (κ3) is 2.76. The molecular formula is C44H30N4O+2. The van der Waals surface area contributed by atoms with Crippen LogP contribution in [0.2, 0.25) is 0 Å². The highest BCUT2D eigenvalue weighted by atomic mass is 16.5. The summed E-state index contributed by atoms with van der Waals surface area (Å²) in [4.78, 5) is 4.96. The number of aromatic nitrogens is 2. The maximum atomic E-state index is 7.13. The van der Waals surface area contributed by atoms with Crippen LogP contribution >= 0.6 is 0 Å². The van der Waals surface area contributed by atoms with Crippen LogP contribution in [0.15, 0.2) is 146 Å². The summed E-state index contributed by atoms with van der Waals surface area (Å²) in [5.74, 6) is 3.98. The van der Waals surface area contributed by atoms with Gasteiger partial charge in [-0.05, 0) is 53.6 Å². The van der Waals surface area contributed by atoms with E-state index in [0.717, 1.165) is 40.1 Å². The van der Waals surface area contributed by atoms with Gasteiger partial charge in [0.15, 0.2) is 11.4 Å². The molecule has 2 aromatic heterocycles. The van der Waals surface area contributed by atoms with Crippen LogP contribution < -0.4 is 23.7 Å². The highest BCUT2D eigenvalue weighted by Crippen LogP contribution is 2.65. The molecule has 0 radical (unpaired) electrons. The van der Waals surface area contributed by atoms with E-state index < -0.39 is 5.66 Å². The molecule has 7 aromatic rings. The average Bonchev–Trinajstić information content (AvgIpc) is 3.27. The third-order valence-electron chi connectivity index (χ3n) is 11.6. The predicted octanol–water partition coefficient (Wildman–Crippen LogP) is 9.52. The fraction of sp³-hybridized carbons (Fsp3) is 0.0909. The van der Waals surface area contributed by atoms with Crippen molar-refractivity contribution in [2.75, 3.05) is 9.80 Å². The molecule has 5 aliphatic rings. The summed E-state index contributed by atoms with van der Waals surface area (Å²) in [5, 5.41) is 0. The van der Waals surface area contributed by atoms with Gasteiger partial charge in [0.2, 0.25) is 0 Å². The third-order valence-corrected chi connectivity index (χ3v) is 11.6. The maximum absolute atomic E-state index is 7.13. The summed E-state index contributed by atoms with van der Waals surface area (Å²) in [6, 6.07) is 48.8. The normalized spacial score (nSPS) is 18.3. The first-order valence-corrected chi connectivity index (χ1v) is 17.0. The highest BCUT2D eigenvalue weighted by molar-refractivity contribution is 6.04. The van der Waals surface area contributed by atoms with E-state index in [9.17, 15) is 0 Å². The Morgan fingerprint density at radius 3 is 1.76 bits per heavy atom. The summed E-state index contributed by atoms with van der Waals surface area (Å²) in [6.45, 7) is 4.73. The molecule has 5 heteroatoms. The van der Waals surface area contributed by atoms with Crippen molar-refractivity contribution in [2.45, 2.75) is 24.9 Å². The number of para-hydroxylation sites is 2. The van der Waals surface area contributed by atoms with Gasteiger partial charge in [0.05, 0.1) is 12.4 Å². The number of fused-ring (bicyclic) bond motifs is 11. The molecule has 7 heterocycles. The van der Waals surface area contributed by atoms with Crippen molar-refractivity contribution in [3.8, 4) is 33.8 Å². The summed E-state index contributed by atoms with van der Waals surface area (Å²) in [5.41, 5.74) is 13.5. The summed E-state index contributed by atoms with van der Waals surface area (Å²) < 4.78 is 12.1. The quantitative estimate of drug-likeness (QED) is 0.156. The average molecular weight is 631 g/mol. The Hall–Kier alpha value is -6.20. The largest absolute Gasteiger partial charge is 0.456 e. The molecule has 1 spiro atoms. The van der Waals surface area contributed by atoms with E-state index in [0.29, 0.717) is 0 Å². The first kappa shape index (κ1) is 25.8. The molecule has 230 valence electrons. The maximum Gasteiger partial charge on any atom is 0.321 e. The Bertz CT molecular complexity index is 2660. The monoisotopic (exact) mass is 630 g/mol. The Balaban J connectivity index is 1.33. The summed E-state index contributed by atoms with van der Waals surface area (Å²) in [7, 11) is 0. The lowest BCUT2D eigenvalue weighted by Gasteiger charge is -2.48. The number of rotatable bonds is 0. The van der Waals surface area contributed by atoms with Crippen molar-refractivity contribution in [3.05, 3.63) is 168 Å². The van der Waals surface area contributed by atoms with Crippen molar-refractivity contribution >= 4 is 34.4 Å². The molecule has 5 aliphatic heterocycles. The topological polar surface area (TPSA) is 23.5 Å². The van der Waals surface area contributed by atoms with Crippen LogP contribution in [0.1, 0.15) is 36.1 Å². The molecule has 0 N–H and O–H groups in total. The van der Waals surface area contributed by atoms with E-state index in [1.807, 2.05) is 0 Å². The molecule has 0 saturated heterocycles. The van der Waals surface area contributed by atoms with Crippen LogP contribution in [0, 0.1) is 0 Å². The van der Waals surface area contributed by atoms with E-state index in [1.54, 1.807) is 0 Å². The van der Waals surface area contributed by atoms with Crippen molar-refractivity contribution < 1.29 is 13.9 Å². The molecule has 0 fully saturated rings. The predicted molar refractivity (Wildman–Crippen MR) is 191 cm³/mol. The lowest BCUT2D eigenvalue weighted by atomic mass is 9.69.